The van der Waals surface area contributed by atoms with Gasteiger partial charge in [-0.3, -0.25) is 0 Å². The van der Waals surface area contributed by atoms with Crippen molar-refractivity contribution in [1.82, 2.24) is 10.3 Å². The summed E-state index contributed by atoms with van der Waals surface area (Å²) in [5, 5.41) is 12.7. The van der Waals surface area contributed by atoms with Crippen molar-refractivity contribution < 1.29 is 5.11 Å². The summed E-state index contributed by atoms with van der Waals surface area (Å²) < 4.78 is 0. The van der Waals surface area contributed by atoms with Crippen molar-refractivity contribution >= 4 is 5.82 Å². The number of aliphatic hydroxyl groups is 1. The van der Waals surface area contributed by atoms with Gasteiger partial charge in [-0.25, -0.2) is 4.98 Å². The Balaban J connectivity index is 2.08. The lowest BCUT2D eigenvalue weighted by molar-refractivity contribution is 0.301. The van der Waals surface area contributed by atoms with Gasteiger partial charge in [-0.2, -0.15) is 0 Å². The van der Waals surface area contributed by atoms with E-state index in [1.165, 1.54) is 24.0 Å². The minimum atomic E-state index is 0.115. The summed E-state index contributed by atoms with van der Waals surface area (Å²) in [6.45, 7) is 10.3. The van der Waals surface area contributed by atoms with Gasteiger partial charge in [0.25, 0.3) is 0 Å². The van der Waals surface area contributed by atoms with Gasteiger partial charge in [0.2, 0.25) is 0 Å². The highest BCUT2D eigenvalue weighted by Gasteiger charge is 2.30. The van der Waals surface area contributed by atoms with Crippen molar-refractivity contribution in [2.24, 2.45) is 0 Å². The van der Waals surface area contributed by atoms with Crippen LogP contribution in [0.3, 0.4) is 0 Å². The molecule has 112 valence electrons. The number of rotatable bonds is 6. The number of aryl methyl sites for hydroxylation is 1. The molecule has 1 aromatic rings. The average Bonchev–Trinajstić information content (AvgIpc) is 3.18. The van der Waals surface area contributed by atoms with Gasteiger partial charge in [0, 0.05) is 30.9 Å². The fraction of sp³-hybridized carbons (Fsp3) is 0.688. The summed E-state index contributed by atoms with van der Waals surface area (Å²) in [6, 6.07) is 2.78. The highest BCUT2D eigenvalue weighted by molar-refractivity contribution is 5.49. The van der Waals surface area contributed by atoms with Crippen LogP contribution in [-0.4, -0.2) is 34.8 Å². The Morgan fingerprint density at radius 2 is 2.10 bits per heavy atom. The van der Waals surface area contributed by atoms with Crippen LogP contribution in [0.25, 0.3) is 0 Å². The molecule has 0 unspecified atom stereocenters. The predicted octanol–water partition coefficient (Wildman–Crippen LogP) is 2.24. The smallest absolute Gasteiger partial charge is 0.131 e. The Bertz CT molecular complexity index is 450. The van der Waals surface area contributed by atoms with E-state index in [-0.39, 0.29) is 12.1 Å². The SMILES string of the molecule is Cc1cc(CNC(C)(C)C)cnc1N(CCO)C1CC1. The van der Waals surface area contributed by atoms with Crippen LogP contribution in [0.1, 0.15) is 44.7 Å². The van der Waals surface area contributed by atoms with E-state index in [4.69, 9.17) is 0 Å². The lowest BCUT2D eigenvalue weighted by atomic mass is 10.1. The van der Waals surface area contributed by atoms with Gasteiger partial charge in [0.15, 0.2) is 0 Å². The van der Waals surface area contributed by atoms with Gasteiger partial charge in [-0.05, 0) is 57.7 Å². The molecule has 1 fully saturated rings. The molecular formula is C16H27N3O. The zero-order valence-corrected chi connectivity index (χ0v) is 13.1. The van der Waals surface area contributed by atoms with E-state index in [9.17, 15) is 5.11 Å². The number of aromatic nitrogens is 1. The molecule has 0 saturated heterocycles. The molecule has 2 N–H and O–H groups in total. The molecule has 0 radical (unpaired) electrons. The Labute approximate surface area is 122 Å². The average molecular weight is 277 g/mol. The van der Waals surface area contributed by atoms with Gasteiger partial charge >= 0.3 is 0 Å². The lowest BCUT2D eigenvalue weighted by Gasteiger charge is -2.25. The Morgan fingerprint density at radius 1 is 1.40 bits per heavy atom. The summed E-state index contributed by atoms with van der Waals surface area (Å²) in [4.78, 5) is 6.88. The second-order valence-electron chi connectivity index (χ2n) is 6.74. The van der Waals surface area contributed by atoms with Crippen molar-refractivity contribution in [3.63, 3.8) is 0 Å². The zero-order valence-electron chi connectivity index (χ0n) is 13.1. The van der Waals surface area contributed by atoms with Crippen LogP contribution in [0.15, 0.2) is 12.3 Å². The van der Waals surface area contributed by atoms with E-state index in [1.54, 1.807) is 0 Å². The van der Waals surface area contributed by atoms with Crippen molar-refractivity contribution in [1.29, 1.82) is 0 Å². The molecule has 0 bridgehead atoms. The second-order valence-corrected chi connectivity index (χ2v) is 6.74. The maximum Gasteiger partial charge on any atom is 0.131 e. The summed E-state index contributed by atoms with van der Waals surface area (Å²) in [7, 11) is 0. The molecule has 0 amide bonds. The number of anilines is 1. The van der Waals surface area contributed by atoms with Crippen molar-refractivity contribution in [3.8, 4) is 0 Å². The first kappa shape index (κ1) is 15.3. The molecule has 20 heavy (non-hydrogen) atoms. The minimum Gasteiger partial charge on any atom is -0.395 e. The molecule has 4 heteroatoms. The molecule has 0 atom stereocenters. The van der Waals surface area contributed by atoms with Crippen LogP contribution in [0.5, 0.6) is 0 Å². The van der Waals surface area contributed by atoms with Gasteiger partial charge in [-0.15, -0.1) is 0 Å². The van der Waals surface area contributed by atoms with Gasteiger partial charge in [0.1, 0.15) is 5.82 Å². The number of nitrogens with one attached hydrogen (secondary N) is 1. The first-order valence-electron chi connectivity index (χ1n) is 7.49. The normalized spacial score (nSPS) is 15.4. The van der Waals surface area contributed by atoms with Crippen LogP contribution in [0.4, 0.5) is 5.82 Å². The van der Waals surface area contributed by atoms with E-state index in [0.29, 0.717) is 12.6 Å². The number of hydrogen-bond acceptors (Lipinski definition) is 4. The van der Waals surface area contributed by atoms with Crippen LogP contribution < -0.4 is 10.2 Å². The van der Waals surface area contributed by atoms with Crippen LogP contribution in [-0.2, 0) is 6.54 Å². The summed E-state index contributed by atoms with van der Waals surface area (Å²) in [6.07, 6.45) is 4.39. The summed E-state index contributed by atoms with van der Waals surface area (Å²) >= 11 is 0. The fourth-order valence-electron chi connectivity index (χ4n) is 2.35. The van der Waals surface area contributed by atoms with Crippen LogP contribution in [0.2, 0.25) is 0 Å². The molecule has 2 rings (SSSR count). The van der Waals surface area contributed by atoms with Gasteiger partial charge in [0.05, 0.1) is 6.61 Å². The number of pyridine rings is 1. The summed E-state index contributed by atoms with van der Waals surface area (Å²) in [5.41, 5.74) is 2.52. The minimum absolute atomic E-state index is 0.115. The molecule has 0 spiro atoms. The third-order valence-electron chi connectivity index (χ3n) is 3.53. The molecule has 1 aromatic heterocycles. The first-order valence-corrected chi connectivity index (χ1v) is 7.49. The first-order chi connectivity index (χ1) is 9.40. The molecule has 4 nitrogen and oxygen atoms in total. The topological polar surface area (TPSA) is 48.4 Å². The maximum absolute atomic E-state index is 9.21. The van der Waals surface area contributed by atoms with Crippen LogP contribution in [0, 0.1) is 6.92 Å². The quantitative estimate of drug-likeness (QED) is 0.837. The monoisotopic (exact) mass is 277 g/mol. The number of aliphatic hydroxyl groups excluding tert-OH is 1. The van der Waals surface area contributed by atoms with Crippen LogP contribution >= 0.6 is 0 Å². The van der Waals surface area contributed by atoms with E-state index in [2.05, 4.69) is 49.0 Å². The maximum atomic E-state index is 9.21. The van der Waals surface area contributed by atoms with Crippen molar-refractivity contribution in [2.45, 2.75) is 58.7 Å². The van der Waals surface area contributed by atoms with E-state index < -0.39 is 0 Å². The number of nitrogens with zero attached hydrogens (tertiary/aromatic N) is 2. The highest BCUT2D eigenvalue weighted by Crippen LogP contribution is 2.32. The van der Waals surface area contributed by atoms with E-state index >= 15 is 0 Å². The molecule has 1 aliphatic rings. The second kappa shape index (κ2) is 6.10. The van der Waals surface area contributed by atoms with Crippen molar-refractivity contribution in [3.05, 3.63) is 23.4 Å². The summed E-state index contributed by atoms with van der Waals surface area (Å²) in [5.74, 6) is 1.03. The molecule has 1 aliphatic carbocycles. The Kier molecular flexibility index (Phi) is 4.66. The van der Waals surface area contributed by atoms with E-state index in [1.807, 2.05) is 6.20 Å². The fourth-order valence-corrected chi connectivity index (χ4v) is 2.35. The third kappa shape index (κ3) is 4.18. The molecule has 0 aliphatic heterocycles. The standard InChI is InChI=1S/C16H27N3O/c1-12-9-13(11-18-16(2,3)4)10-17-15(12)19(7-8-20)14-5-6-14/h9-10,14,18,20H,5-8,11H2,1-4H3. The highest BCUT2D eigenvalue weighted by atomic mass is 16.3. The predicted molar refractivity (Wildman–Crippen MR) is 83.0 cm³/mol. The lowest BCUT2D eigenvalue weighted by Crippen LogP contribution is -2.35. The van der Waals surface area contributed by atoms with Gasteiger partial charge in [-0.1, -0.05) is 0 Å². The van der Waals surface area contributed by atoms with Gasteiger partial charge < -0.3 is 15.3 Å². The number of hydrogen-bond donors (Lipinski definition) is 2. The van der Waals surface area contributed by atoms with Crippen molar-refractivity contribution in [2.75, 3.05) is 18.1 Å². The molecule has 1 heterocycles. The Morgan fingerprint density at radius 3 is 2.60 bits per heavy atom. The molecule has 1 saturated carbocycles. The zero-order chi connectivity index (χ0) is 14.8. The van der Waals surface area contributed by atoms with E-state index in [0.717, 1.165) is 12.4 Å². The molecule has 0 aromatic carbocycles. The largest absolute Gasteiger partial charge is 0.395 e. The molecular weight excluding hydrogens is 250 g/mol. The Hall–Kier alpha value is -1.13. The third-order valence-corrected chi connectivity index (χ3v) is 3.53.